The zero-order valence-electron chi connectivity index (χ0n) is 9.58. The Kier molecular flexibility index (Phi) is 2.53. The van der Waals surface area contributed by atoms with Crippen LogP contribution in [0, 0.1) is 0 Å². The Hall–Kier alpha value is -2.62. The maximum atomic E-state index is 5.67. The van der Waals surface area contributed by atoms with Gasteiger partial charge < -0.3 is 10.5 Å². The molecule has 0 aliphatic carbocycles. The van der Waals surface area contributed by atoms with Crippen molar-refractivity contribution >= 4 is 16.6 Å². The first-order valence-corrected chi connectivity index (χ1v) is 5.57. The number of nitrogen functional groups attached to an aromatic ring is 1. The number of nitrogens with zero attached hydrogens (tertiary/aromatic N) is 2. The summed E-state index contributed by atoms with van der Waals surface area (Å²) >= 11 is 0. The molecule has 18 heavy (non-hydrogen) atoms. The molecule has 1 heterocycles. The number of aromatic nitrogens is 2. The number of benzene rings is 2. The van der Waals surface area contributed by atoms with E-state index in [1.807, 2.05) is 42.5 Å². The minimum absolute atomic E-state index is 0.256. The van der Waals surface area contributed by atoms with Crippen LogP contribution in [0.15, 0.2) is 54.7 Å². The summed E-state index contributed by atoms with van der Waals surface area (Å²) in [6, 6.07) is 15.7. The van der Waals surface area contributed by atoms with Gasteiger partial charge in [0.25, 0.3) is 0 Å². The molecule has 2 aromatic carbocycles. The van der Waals surface area contributed by atoms with Gasteiger partial charge in [0.1, 0.15) is 11.6 Å². The lowest BCUT2D eigenvalue weighted by Crippen LogP contribution is -1.95. The summed E-state index contributed by atoms with van der Waals surface area (Å²) < 4.78 is 5.67. The van der Waals surface area contributed by atoms with Gasteiger partial charge in [-0.2, -0.15) is 4.98 Å². The van der Waals surface area contributed by atoms with Crippen molar-refractivity contribution in [1.29, 1.82) is 0 Å². The topological polar surface area (TPSA) is 61.0 Å². The normalized spacial score (nSPS) is 10.4. The Morgan fingerprint density at radius 3 is 2.67 bits per heavy atom. The van der Waals surface area contributed by atoms with Crippen LogP contribution >= 0.6 is 0 Å². The second-order valence-corrected chi connectivity index (χ2v) is 3.84. The number of fused-ring (bicyclic) bond motifs is 1. The highest BCUT2D eigenvalue weighted by Crippen LogP contribution is 2.28. The van der Waals surface area contributed by atoms with Gasteiger partial charge in [-0.25, -0.2) is 4.98 Å². The van der Waals surface area contributed by atoms with Crippen molar-refractivity contribution in [2.75, 3.05) is 5.73 Å². The molecule has 0 spiro atoms. The fourth-order valence-electron chi connectivity index (χ4n) is 1.79. The van der Waals surface area contributed by atoms with Crippen LogP contribution < -0.4 is 10.5 Å². The van der Waals surface area contributed by atoms with Gasteiger partial charge >= 0.3 is 6.01 Å². The predicted octanol–water partition coefficient (Wildman–Crippen LogP) is 3.00. The number of anilines is 1. The third kappa shape index (κ3) is 1.96. The van der Waals surface area contributed by atoms with Gasteiger partial charge in [0, 0.05) is 11.6 Å². The number of nitrogens with two attached hydrogens (primary N) is 1. The summed E-state index contributed by atoms with van der Waals surface area (Å²) in [7, 11) is 0. The highest BCUT2D eigenvalue weighted by atomic mass is 16.5. The van der Waals surface area contributed by atoms with Crippen molar-refractivity contribution in [3.05, 3.63) is 54.7 Å². The van der Waals surface area contributed by atoms with Crippen LogP contribution in [-0.2, 0) is 0 Å². The van der Waals surface area contributed by atoms with Crippen LogP contribution in [0.25, 0.3) is 10.8 Å². The molecule has 0 atom stereocenters. The van der Waals surface area contributed by atoms with E-state index in [1.165, 1.54) is 0 Å². The van der Waals surface area contributed by atoms with Crippen molar-refractivity contribution in [2.45, 2.75) is 0 Å². The molecule has 0 unspecified atom stereocenters. The summed E-state index contributed by atoms with van der Waals surface area (Å²) in [5.41, 5.74) is 5.59. The van der Waals surface area contributed by atoms with E-state index in [0.29, 0.717) is 5.82 Å². The summed E-state index contributed by atoms with van der Waals surface area (Å²) in [4.78, 5) is 8.05. The van der Waals surface area contributed by atoms with E-state index in [-0.39, 0.29) is 6.01 Å². The molecule has 0 fully saturated rings. The van der Waals surface area contributed by atoms with Gasteiger partial charge in [0.15, 0.2) is 0 Å². The second kappa shape index (κ2) is 4.33. The first-order valence-electron chi connectivity index (χ1n) is 5.57. The molecule has 0 saturated heterocycles. The Labute approximate surface area is 104 Å². The van der Waals surface area contributed by atoms with Crippen molar-refractivity contribution in [3.8, 4) is 11.8 Å². The minimum atomic E-state index is 0.256. The molecule has 3 rings (SSSR count). The average molecular weight is 237 g/mol. The molecule has 0 aliphatic heterocycles. The fraction of sp³-hybridized carbons (Fsp3) is 0. The van der Waals surface area contributed by atoms with E-state index in [9.17, 15) is 0 Å². The van der Waals surface area contributed by atoms with Crippen LogP contribution in [0.3, 0.4) is 0 Å². The van der Waals surface area contributed by atoms with E-state index < -0.39 is 0 Å². The largest absolute Gasteiger partial charge is 0.424 e. The molecule has 2 N–H and O–H groups in total. The number of rotatable bonds is 2. The lowest BCUT2D eigenvalue weighted by atomic mass is 10.1. The molecule has 0 aliphatic rings. The number of hydrogen-bond donors (Lipinski definition) is 1. The van der Waals surface area contributed by atoms with E-state index in [2.05, 4.69) is 9.97 Å². The molecule has 88 valence electrons. The predicted molar refractivity (Wildman–Crippen MR) is 70.5 cm³/mol. The van der Waals surface area contributed by atoms with Crippen molar-refractivity contribution < 1.29 is 4.74 Å². The van der Waals surface area contributed by atoms with Crippen LogP contribution in [-0.4, -0.2) is 9.97 Å². The minimum Gasteiger partial charge on any atom is -0.424 e. The maximum Gasteiger partial charge on any atom is 0.323 e. The zero-order valence-corrected chi connectivity index (χ0v) is 9.58. The average Bonchev–Trinajstić information content (AvgIpc) is 2.39. The molecule has 0 amide bonds. The molecular formula is C14H11N3O. The van der Waals surface area contributed by atoms with E-state index >= 15 is 0 Å². The summed E-state index contributed by atoms with van der Waals surface area (Å²) in [6.07, 6.45) is 1.57. The smallest absolute Gasteiger partial charge is 0.323 e. The van der Waals surface area contributed by atoms with Crippen molar-refractivity contribution in [2.24, 2.45) is 0 Å². The van der Waals surface area contributed by atoms with Gasteiger partial charge in [-0.1, -0.05) is 36.4 Å². The molecule has 4 heteroatoms. The fourth-order valence-corrected chi connectivity index (χ4v) is 1.79. The number of hydrogen-bond acceptors (Lipinski definition) is 4. The van der Waals surface area contributed by atoms with Gasteiger partial charge in [-0.15, -0.1) is 0 Å². The van der Waals surface area contributed by atoms with E-state index in [0.717, 1.165) is 16.5 Å². The third-order valence-electron chi connectivity index (χ3n) is 2.61. The van der Waals surface area contributed by atoms with Gasteiger partial charge in [0.05, 0.1) is 0 Å². The Morgan fingerprint density at radius 1 is 0.944 bits per heavy atom. The van der Waals surface area contributed by atoms with Crippen molar-refractivity contribution in [1.82, 2.24) is 9.97 Å². The summed E-state index contributed by atoms with van der Waals surface area (Å²) in [5.74, 6) is 1.11. The Morgan fingerprint density at radius 2 is 1.78 bits per heavy atom. The van der Waals surface area contributed by atoms with Gasteiger partial charge in [-0.3, -0.25) is 0 Å². The van der Waals surface area contributed by atoms with Crippen LogP contribution in [0.1, 0.15) is 0 Å². The summed E-state index contributed by atoms with van der Waals surface area (Å²) in [5, 5.41) is 2.13. The molecule has 0 saturated carbocycles. The van der Waals surface area contributed by atoms with Crippen LogP contribution in [0.2, 0.25) is 0 Å². The molecule has 3 aromatic rings. The standard InChI is InChI=1S/C14H11N3O/c15-13-8-9-16-14(17-13)18-12-7-3-5-10-4-1-2-6-11(10)12/h1-9H,(H2,15,16,17). The van der Waals surface area contributed by atoms with Crippen molar-refractivity contribution in [3.63, 3.8) is 0 Å². The van der Waals surface area contributed by atoms with E-state index in [1.54, 1.807) is 12.3 Å². The maximum absolute atomic E-state index is 5.67. The molecule has 0 radical (unpaired) electrons. The quantitative estimate of drug-likeness (QED) is 0.744. The molecule has 0 bridgehead atoms. The van der Waals surface area contributed by atoms with Crippen LogP contribution in [0.5, 0.6) is 11.8 Å². The first-order chi connectivity index (χ1) is 8.83. The highest BCUT2D eigenvalue weighted by Gasteiger charge is 2.04. The SMILES string of the molecule is Nc1ccnc(Oc2cccc3ccccc23)n1. The lowest BCUT2D eigenvalue weighted by Gasteiger charge is -2.07. The monoisotopic (exact) mass is 237 g/mol. The summed E-state index contributed by atoms with van der Waals surface area (Å²) in [6.45, 7) is 0. The molecular weight excluding hydrogens is 226 g/mol. The van der Waals surface area contributed by atoms with E-state index in [4.69, 9.17) is 10.5 Å². The number of ether oxygens (including phenoxy) is 1. The van der Waals surface area contributed by atoms with Gasteiger partial charge in [-0.05, 0) is 17.5 Å². The highest BCUT2D eigenvalue weighted by molar-refractivity contribution is 5.88. The second-order valence-electron chi connectivity index (χ2n) is 3.84. The Bertz CT molecular complexity index is 692. The van der Waals surface area contributed by atoms with Crippen LogP contribution in [0.4, 0.5) is 5.82 Å². The van der Waals surface area contributed by atoms with Gasteiger partial charge in [0.2, 0.25) is 0 Å². The molecule has 4 nitrogen and oxygen atoms in total. The third-order valence-corrected chi connectivity index (χ3v) is 2.61. The zero-order chi connectivity index (χ0) is 12.4. The first kappa shape index (κ1) is 10.5. The molecule has 1 aromatic heterocycles. The lowest BCUT2D eigenvalue weighted by molar-refractivity contribution is 0.447. The Balaban J connectivity index is 2.05.